The van der Waals surface area contributed by atoms with Crippen molar-refractivity contribution in [2.24, 2.45) is 0 Å². The van der Waals surface area contributed by atoms with E-state index in [9.17, 15) is 10.2 Å². The maximum Gasteiger partial charge on any atom is 0.0815 e. The Morgan fingerprint density at radius 1 is 1.00 bits per heavy atom. The van der Waals surface area contributed by atoms with Crippen LogP contribution < -0.4 is 0 Å². The number of rotatable bonds is 7. The van der Waals surface area contributed by atoms with E-state index in [-0.39, 0.29) is 0 Å². The van der Waals surface area contributed by atoms with Gasteiger partial charge in [-0.25, -0.2) is 0 Å². The highest BCUT2D eigenvalue weighted by Gasteiger charge is 2.30. The average Bonchev–Trinajstić information content (AvgIpc) is 2.09. The second-order valence-electron chi connectivity index (χ2n) is 5.23. The number of hydrogen-bond donors (Lipinski definition) is 2. The second-order valence-corrected chi connectivity index (χ2v) is 10.6. The lowest BCUT2D eigenvalue weighted by atomic mass is 10.1. The van der Waals surface area contributed by atoms with Crippen LogP contribution in [-0.2, 0) is 0 Å². The van der Waals surface area contributed by atoms with Crippen molar-refractivity contribution in [1.29, 1.82) is 0 Å². The van der Waals surface area contributed by atoms with Crippen LogP contribution in [0.25, 0.3) is 0 Å². The van der Waals surface area contributed by atoms with E-state index in [2.05, 4.69) is 26.6 Å². The zero-order chi connectivity index (χ0) is 11.2. The topological polar surface area (TPSA) is 40.5 Å². The van der Waals surface area contributed by atoms with E-state index in [1.165, 1.54) is 19.3 Å². The van der Waals surface area contributed by atoms with Crippen molar-refractivity contribution in [3.8, 4) is 0 Å². The summed E-state index contributed by atoms with van der Waals surface area (Å²) in [5, 5.41) is 19.6. The van der Waals surface area contributed by atoms with Crippen molar-refractivity contribution in [3.05, 3.63) is 0 Å². The van der Waals surface area contributed by atoms with Crippen molar-refractivity contribution < 1.29 is 10.2 Å². The van der Waals surface area contributed by atoms with Gasteiger partial charge in [-0.3, -0.25) is 0 Å². The van der Waals surface area contributed by atoms with Crippen LogP contribution in [0.5, 0.6) is 0 Å². The van der Waals surface area contributed by atoms with Crippen LogP contribution >= 0.6 is 0 Å². The summed E-state index contributed by atoms with van der Waals surface area (Å²) in [4.78, 5) is 0. The first-order valence-electron chi connectivity index (χ1n) is 5.75. The van der Waals surface area contributed by atoms with E-state index in [1.807, 2.05) is 0 Å². The Bertz CT molecular complexity index is 143. The maximum atomic E-state index is 9.82. The van der Waals surface area contributed by atoms with Gasteiger partial charge < -0.3 is 10.2 Å². The van der Waals surface area contributed by atoms with Gasteiger partial charge in [-0.15, -0.1) is 0 Å². The highest BCUT2D eigenvalue weighted by atomic mass is 28.3. The molecule has 86 valence electrons. The number of hydrogen-bond acceptors (Lipinski definition) is 2. The lowest BCUT2D eigenvalue weighted by Crippen LogP contribution is -2.46. The van der Waals surface area contributed by atoms with Crippen LogP contribution in [-0.4, -0.2) is 30.1 Å². The molecule has 3 heteroatoms. The summed E-state index contributed by atoms with van der Waals surface area (Å²) in [6.07, 6.45) is 4.91. The molecule has 0 rings (SSSR count). The fourth-order valence-electron chi connectivity index (χ4n) is 1.52. The first kappa shape index (κ1) is 14.1. The third kappa shape index (κ3) is 5.78. The van der Waals surface area contributed by atoms with Gasteiger partial charge in [0.05, 0.1) is 19.9 Å². The zero-order valence-electron chi connectivity index (χ0n) is 10.1. The third-order valence-corrected chi connectivity index (χ3v) is 4.76. The minimum atomic E-state index is -1.59. The van der Waals surface area contributed by atoms with Gasteiger partial charge in [0.1, 0.15) is 0 Å². The molecule has 0 heterocycles. The molecule has 0 saturated carbocycles. The van der Waals surface area contributed by atoms with E-state index in [0.29, 0.717) is 0 Å². The van der Waals surface area contributed by atoms with E-state index < -0.39 is 19.9 Å². The van der Waals surface area contributed by atoms with Gasteiger partial charge in [-0.2, -0.15) is 0 Å². The maximum absolute atomic E-state index is 9.82. The van der Waals surface area contributed by atoms with E-state index in [1.54, 1.807) is 0 Å². The molecule has 0 amide bonds. The summed E-state index contributed by atoms with van der Waals surface area (Å²) >= 11 is 0. The minimum Gasteiger partial charge on any atom is -0.394 e. The van der Waals surface area contributed by atoms with Gasteiger partial charge in [0, 0.05) is 0 Å². The van der Waals surface area contributed by atoms with Crippen LogP contribution in [0.3, 0.4) is 0 Å². The molecule has 2 nitrogen and oxygen atoms in total. The molecule has 0 radical (unpaired) electrons. The molecular weight excluding hydrogens is 192 g/mol. The summed E-state index contributed by atoms with van der Waals surface area (Å²) in [5.74, 6) is 0. The van der Waals surface area contributed by atoms with Crippen molar-refractivity contribution in [3.63, 3.8) is 0 Å². The quantitative estimate of drug-likeness (QED) is 0.509. The summed E-state index contributed by atoms with van der Waals surface area (Å²) < 4.78 is 0. The van der Waals surface area contributed by atoms with Crippen LogP contribution in [0.2, 0.25) is 19.6 Å². The second kappa shape index (κ2) is 6.59. The normalized spacial score (nSPS) is 16.7. The Hall–Kier alpha value is 0.137. The Morgan fingerprint density at radius 2 is 1.57 bits per heavy atom. The van der Waals surface area contributed by atoms with Crippen molar-refractivity contribution in [1.82, 2.24) is 0 Å². The average molecular weight is 218 g/mol. The van der Waals surface area contributed by atoms with Gasteiger partial charge in [0.15, 0.2) is 0 Å². The molecule has 0 aliphatic heterocycles. The molecule has 0 spiro atoms. The fraction of sp³-hybridized carbons (Fsp3) is 1.00. The van der Waals surface area contributed by atoms with Gasteiger partial charge >= 0.3 is 0 Å². The van der Waals surface area contributed by atoms with E-state index >= 15 is 0 Å². The monoisotopic (exact) mass is 218 g/mol. The lowest BCUT2D eigenvalue weighted by Gasteiger charge is -2.28. The van der Waals surface area contributed by atoms with Crippen molar-refractivity contribution in [2.75, 3.05) is 0 Å². The standard InChI is InChI=1S/C11H26O2Si/c1-5-6-7-8-9-10(12)11(13)14(2,3)4/h10-13H,5-9H2,1-4H3/t10-,11+/m1/s1. The summed E-state index contributed by atoms with van der Waals surface area (Å²) in [6, 6.07) is 0. The molecule has 0 aromatic carbocycles. The zero-order valence-corrected chi connectivity index (χ0v) is 11.1. The molecule has 14 heavy (non-hydrogen) atoms. The minimum absolute atomic E-state index is 0.468. The molecule has 0 aromatic rings. The van der Waals surface area contributed by atoms with Crippen LogP contribution in [0.4, 0.5) is 0 Å². The molecule has 0 bridgehead atoms. The van der Waals surface area contributed by atoms with Crippen LogP contribution in [0.1, 0.15) is 39.0 Å². The first-order chi connectivity index (χ1) is 6.39. The van der Waals surface area contributed by atoms with Crippen LogP contribution in [0.15, 0.2) is 0 Å². The number of aliphatic hydroxyl groups excluding tert-OH is 2. The van der Waals surface area contributed by atoms with Crippen molar-refractivity contribution in [2.45, 2.75) is 70.5 Å². The Balaban J connectivity index is 3.68. The SMILES string of the molecule is CCCCCC[C@@H](O)[C@@H](O)[Si](C)(C)C. The molecule has 0 saturated heterocycles. The van der Waals surface area contributed by atoms with Gasteiger partial charge in [0.25, 0.3) is 0 Å². The molecule has 0 aliphatic carbocycles. The lowest BCUT2D eigenvalue weighted by molar-refractivity contribution is 0.0541. The summed E-state index contributed by atoms with van der Waals surface area (Å²) in [7, 11) is -1.59. The van der Waals surface area contributed by atoms with Gasteiger partial charge in [-0.1, -0.05) is 52.2 Å². The molecule has 0 fully saturated rings. The van der Waals surface area contributed by atoms with E-state index in [4.69, 9.17) is 0 Å². The summed E-state index contributed by atoms with van der Waals surface area (Å²) in [5.41, 5.74) is -0.468. The molecular formula is C11H26O2Si. The molecule has 0 aliphatic rings. The Morgan fingerprint density at radius 3 is 2.00 bits per heavy atom. The smallest absolute Gasteiger partial charge is 0.0815 e. The predicted octanol–water partition coefficient (Wildman–Crippen LogP) is 2.56. The highest BCUT2D eigenvalue weighted by Crippen LogP contribution is 2.16. The summed E-state index contributed by atoms with van der Waals surface area (Å²) in [6.45, 7) is 8.44. The van der Waals surface area contributed by atoms with Crippen LogP contribution in [0, 0.1) is 0 Å². The molecule has 0 unspecified atom stereocenters. The number of aliphatic hydroxyl groups is 2. The third-order valence-electron chi connectivity index (χ3n) is 2.61. The Labute approximate surface area is 89.4 Å². The predicted molar refractivity (Wildman–Crippen MR) is 64.1 cm³/mol. The van der Waals surface area contributed by atoms with Crippen molar-refractivity contribution >= 4 is 8.07 Å². The Kier molecular flexibility index (Phi) is 6.65. The highest BCUT2D eigenvalue weighted by molar-refractivity contribution is 6.77. The molecule has 2 atom stereocenters. The number of unbranched alkanes of at least 4 members (excludes halogenated alkanes) is 3. The molecule has 0 aromatic heterocycles. The van der Waals surface area contributed by atoms with Gasteiger partial charge in [-0.05, 0) is 6.42 Å². The fourth-order valence-corrected chi connectivity index (χ4v) is 2.84. The van der Waals surface area contributed by atoms with Gasteiger partial charge in [0.2, 0.25) is 0 Å². The first-order valence-corrected chi connectivity index (χ1v) is 9.33. The largest absolute Gasteiger partial charge is 0.394 e. The molecule has 2 N–H and O–H groups in total. The van der Waals surface area contributed by atoms with E-state index in [0.717, 1.165) is 12.8 Å².